The number of nitrogens with two attached hydrogens (primary N) is 1. The average molecular weight is 345 g/mol. The summed E-state index contributed by atoms with van der Waals surface area (Å²) in [6.07, 6.45) is 1.32. The monoisotopic (exact) mass is 345 g/mol. The summed E-state index contributed by atoms with van der Waals surface area (Å²) in [6, 6.07) is 6.84. The van der Waals surface area contributed by atoms with Crippen LogP contribution in [0.3, 0.4) is 0 Å². The number of nitrogens with one attached hydrogen (secondary N) is 1. The fraction of sp³-hybridized carbons (Fsp3) is 0.312. The Morgan fingerprint density at radius 2 is 2.00 bits per heavy atom. The average Bonchev–Trinajstić information content (AvgIpc) is 2.52. The third kappa shape index (κ3) is 4.76. The molecule has 0 aliphatic heterocycles. The Morgan fingerprint density at radius 3 is 2.62 bits per heavy atom. The van der Waals surface area contributed by atoms with Crippen molar-refractivity contribution in [1.82, 2.24) is 15.0 Å². The van der Waals surface area contributed by atoms with E-state index in [2.05, 4.69) is 20.3 Å². The van der Waals surface area contributed by atoms with Crippen LogP contribution in [-0.2, 0) is 4.79 Å². The number of aromatic nitrogens is 3. The van der Waals surface area contributed by atoms with Crippen LogP contribution < -0.4 is 11.1 Å². The van der Waals surface area contributed by atoms with E-state index in [0.717, 1.165) is 0 Å². The van der Waals surface area contributed by atoms with Crippen LogP contribution in [0.4, 0.5) is 11.6 Å². The zero-order valence-electron chi connectivity index (χ0n) is 13.7. The van der Waals surface area contributed by atoms with Crippen LogP contribution in [0.2, 0.25) is 0 Å². The van der Waals surface area contributed by atoms with Gasteiger partial charge in [-0.2, -0.15) is 4.98 Å². The molecule has 0 saturated heterocycles. The van der Waals surface area contributed by atoms with Gasteiger partial charge in [0.1, 0.15) is 6.33 Å². The Morgan fingerprint density at radius 1 is 1.25 bits per heavy atom. The van der Waals surface area contributed by atoms with E-state index in [4.69, 9.17) is 5.73 Å². The van der Waals surface area contributed by atoms with Gasteiger partial charge in [0, 0.05) is 11.3 Å². The largest absolute Gasteiger partial charge is 0.368 e. The van der Waals surface area contributed by atoms with Gasteiger partial charge in [0.25, 0.3) is 0 Å². The zero-order chi connectivity index (χ0) is 17.7. The number of anilines is 2. The van der Waals surface area contributed by atoms with Crippen molar-refractivity contribution in [3.05, 3.63) is 36.2 Å². The first-order valence-electron chi connectivity index (χ1n) is 7.40. The van der Waals surface area contributed by atoms with E-state index in [1.807, 2.05) is 13.8 Å². The highest BCUT2D eigenvalue weighted by atomic mass is 32.2. The summed E-state index contributed by atoms with van der Waals surface area (Å²) in [7, 11) is 0. The Balaban J connectivity index is 2.14. The minimum absolute atomic E-state index is 0.0454. The van der Waals surface area contributed by atoms with Gasteiger partial charge < -0.3 is 11.1 Å². The van der Waals surface area contributed by atoms with Gasteiger partial charge in [-0.1, -0.05) is 37.7 Å². The van der Waals surface area contributed by atoms with Crippen molar-refractivity contribution >= 4 is 35.1 Å². The molecular weight excluding hydrogens is 326 g/mol. The summed E-state index contributed by atoms with van der Waals surface area (Å²) in [5.74, 6) is -0.0789. The third-order valence-corrected chi connectivity index (χ3v) is 4.62. The molecule has 7 nitrogen and oxygen atoms in total. The van der Waals surface area contributed by atoms with Crippen molar-refractivity contribution in [2.24, 2.45) is 5.92 Å². The second-order valence-electron chi connectivity index (χ2n) is 5.53. The van der Waals surface area contributed by atoms with Gasteiger partial charge in [-0.05, 0) is 25.0 Å². The van der Waals surface area contributed by atoms with Gasteiger partial charge in [-0.3, -0.25) is 9.59 Å². The van der Waals surface area contributed by atoms with Gasteiger partial charge in [0.05, 0.1) is 5.25 Å². The molecule has 24 heavy (non-hydrogen) atoms. The molecule has 0 bridgehead atoms. The molecule has 0 fully saturated rings. The highest BCUT2D eigenvalue weighted by Crippen LogP contribution is 2.27. The van der Waals surface area contributed by atoms with Crippen molar-refractivity contribution in [1.29, 1.82) is 0 Å². The molecule has 126 valence electrons. The Labute approximate surface area is 144 Å². The molecule has 2 aromatic rings. The van der Waals surface area contributed by atoms with Gasteiger partial charge in [0.2, 0.25) is 11.9 Å². The second-order valence-corrected chi connectivity index (χ2v) is 6.64. The summed E-state index contributed by atoms with van der Waals surface area (Å²) >= 11 is 1.23. The highest BCUT2D eigenvalue weighted by Gasteiger charge is 2.25. The lowest BCUT2D eigenvalue weighted by molar-refractivity contribution is -0.116. The fourth-order valence-electron chi connectivity index (χ4n) is 1.99. The number of thioether (sulfide) groups is 1. The Hall–Kier alpha value is -2.48. The molecule has 0 aliphatic rings. The molecule has 1 amide bonds. The topological polar surface area (TPSA) is 111 Å². The molecule has 3 N–H and O–H groups in total. The standard InChI is InChI=1S/C16H19N5O2S/c1-9(2)13(24-16-19-8-18-15(17)21-16)14(23)20-12-6-4-5-11(7-12)10(3)22/h4-9,13H,1-3H3,(H,20,23)(H2,17,18,19,21). The van der Waals surface area contributed by atoms with Crippen LogP contribution >= 0.6 is 11.8 Å². The number of hydrogen-bond acceptors (Lipinski definition) is 7. The van der Waals surface area contributed by atoms with Gasteiger partial charge >= 0.3 is 0 Å². The summed E-state index contributed by atoms with van der Waals surface area (Å²) in [5.41, 5.74) is 6.67. The van der Waals surface area contributed by atoms with E-state index in [9.17, 15) is 9.59 Å². The lowest BCUT2D eigenvalue weighted by atomic mass is 10.1. The third-order valence-electron chi connectivity index (χ3n) is 3.20. The first-order chi connectivity index (χ1) is 11.4. The van der Waals surface area contributed by atoms with E-state index in [1.54, 1.807) is 24.3 Å². The summed E-state index contributed by atoms with van der Waals surface area (Å²) in [4.78, 5) is 35.8. The van der Waals surface area contributed by atoms with Crippen molar-refractivity contribution in [3.8, 4) is 0 Å². The Kier molecular flexibility index (Phi) is 5.86. The smallest absolute Gasteiger partial charge is 0.238 e. The number of nitrogen functional groups attached to an aromatic ring is 1. The van der Waals surface area contributed by atoms with Gasteiger partial charge in [-0.15, -0.1) is 0 Å². The number of ketones is 1. The maximum Gasteiger partial charge on any atom is 0.238 e. The molecule has 2 rings (SSSR count). The van der Waals surface area contributed by atoms with Crippen LogP contribution in [0.1, 0.15) is 31.1 Å². The number of Topliss-reactive ketones (excluding diaryl/α,β-unsaturated/α-hetero) is 1. The SMILES string of the molecule is CC(=O)c1cccc(NC(=O)C(Sc2ncnc(N)n2)C(C)C)c1. The molecule has 1 atom stereocenters. The molecule has 0 saturated carbocycles. The van der Waals surface area contributed by atoms with E-state index < -0.39 is 5.25 Å². The van der Waals surface area contributed by atoms with Crippen molar-refractivity contribution in [2.75, 3.05) is 11.1 Å². The molecule has 1 heterocycles. The fourth-order valence-corrected chi connectivity index (χ4v) is 2.90. The Bertz CT molecular complexity index is 751. The summed E-state index contributed by atoms with van der Waals surface area (Å²) < 4.78 is 0. The molecule has 0 radical (unpaired) electrons. The van der Waals surface area contributed by atoms with E-state index >= 15 is 0 Å². The first kappa shape index (κ1) is 17.9. The number of amides is 1. The van der Waals surface area contributed by atoms with Crippen molar-refractivity contribution in [3.63, 3.8) is 0 Å². The predicted octanol–water partition coefficient (Wildman–Crippen LogP) is 2.41. The number of carbonyl (C=O) groups is 2. The maximum absolute atomic E-state index is 12.6. The molecule has 0 aliphatic carbocycles. The summed E-state index contributed by atoms with van der Waals surface area (Å²) in [5, 5.41) is 2.83. The predicted molar refractivity (Wildman–Crippen MR) is 93.8 cm³/mol. The second kappa shape index (κ2) is 7.87. The van der Waals surface area contributed by atoms with Crippen LogP contribution in [0.15, 0.2) is 35.7 Å². The molecule has 1 aromatic carbocycles. The molecule has 8 heteroatoms. The molecule has 1 unspecified atom stereocenters. The molecule has 0 spiro atoms. The zero-order valence-corrected chi connectivity index (χ0v) is 14.5. The van der Waals surface area contributed by atoms with E-state index in [-0.39, 0.29) is 23.6 Å². The minimum Gasteiger partial charge on any atom is -0.368 e. The maximum atomic E-state index is 12.6. The van der Waals surface area contributed by atoms with Crippen molar-refractivity contribution < 1.29 is 9.59 Å². The number of hydrogen-bond donors (Lipinski definition) is 2. The number of nitrogens with zero attached hydrogens (tertiary/aromatic N) is 3. The van der Waals surface area contributed by atoms with Crippen LogP contribution in [-0.4, -0.2) is 31.9 Å². The number of rotatable bonds is 6. The first-order valence-corrected chi connectivity index (χ1v) is 8.28. The molecular formula is C16H19N5O2S. The normalized spacial score (nSPS) is 12.0. The number of carbonyl (C=O) groups excluding carboxylic acids is 2. The quantitative estimate of drug-likeness (QED) is 0.611. The van der Waals surface area contributed by atoms with Crippen LogP contribution in [0, 0.1) is 5.92 Å². The number of benzene rings is 1. The van der Waals surface area contributed by atoms with E-state index in [1.165, 1.54) is 25.0 Å². The highest BCUT2D eigenvalue weighted by molar-refractivity contribution is 8.00. The van der Waals surface area contributed by atoms with Crippen LogP contribution in [0.5, 0.6) is 0 Å². The van der Waals surface area contributed by atoms with Gasteiger partial charge in [0.15, 0.2) is 10.9 Å². The van der Waals surface area contributed by atoms with E-state index in [0.29, 0.717) is 16.4 Å². The summed E-state index contributed by atoms with van der Waals surface area (Å²) in [6.45, 7) is 5.36. The van der Waals surface area contributed by atoms with Crippen LogP contribution in [0.25, 0.3) is 0 Å². The lowest BCUT2D eigenvalue weighted by Crippen LogP contribution is -2.30. The molecule has 1 aromatic heterocycles. The minimum atomic E-state index is -0.409. The van der Waals surface area contributed by atoms with Gasteiger partial charge in [-0.25, -0.2) is 9.97 Å². The van der Waals surface area contributed by atoms with Crippen molar-refractivity contribution in [2.45, 2.75) is 31.2 Å². The lowest BCUT2D eigenvalue weighted by Gasteiger charge is -2.19.